The molecule has 3 rings (SSSR count). The first-order valence-corrected chi connectivity index (χ1v) is 8.88. The molecule has 25 heavy (non-hydrogen) atoms. The highest BCUT2D eigenvalue weighted by atomic mass is 16.1. The summed E-state index contributed by atoms with van der Waals surface area (Å²) in [4.78, 5) is 29.4. The molecule has 2 aliphatic rings. The molecule has 0 aromatic heterocycles. The molecule has 0 amide bonds. The lowest BCUT2D eigenvalue weighted by atomic mass is 9.80. The molecule has 0 atom stereocenters. The maximum atomic E-state index is 12.5. The molecular formula is C21H26N2O2. The van der Waals surface area contributed by atoms with E-state index >= 15 is 0 Å². The highest BCUT2D eigenvalue weighted by Crippen LogP contribution is 2.30. The smallest absolute Gasteiger partial charge is 0.202 e. The third kappa shape index (κ3) is 4.07. The summed E-state index contributed by atoms with van der Waals surface area (Å²) in [5.74, 6) is -0.0742. The van der Waals surface area contributed by atoms with E-state index in [0.29, 0.717) is 11.3 Å². The Hall–Kier alpha value is -2.20. The number of rotatable bonds is 3. The van der Waals surface area contributed by atoms with Crippen LogP contribution in [0.25, 0.3) is 0 Å². The van der Waals surface area contributed by atoms with Gasteiger partial charge in [-0.25, -0.2) is 0 Å². The van der Waals surface area contributed by atoms with E-state index in [2.05, 4.69) is 34.1 Å². The second kappa shape index (κ2) is 6.96. The van der Waals surface area contributed by atoms with Crippen molar-refractivity contribution in [2.75, 3.05) is 26.2 Å². The summed E-state index contributed by atoms with van der Waals surface area (Å²) < 4.78 is 0. The van der Waals surface area contributed by atoms with Crippen LogP contribution in [0.3, 0.4) is 0 Å². The first kappa shape index (κ1) is 17.6. The summed E-state index contributed by atoms with van der Waals surface area (Å²) in [5, 5.41) is 0. The second-order valence-electron chi connectivity index (χ2n) is 7.81. The highest BCUT2D eigenvalue weighted by molar-refractivity contribution is 6.20. The minimum absolute atomic E-state index is 0.0335. The number of hydrogen-bond acceptors (Lipinski definition) is 4. The lowest BCUT2D eigenvalue weighted by Crippen LogP contribution is -2.47. The number of carbonyl (C=O) groups excluding carboxylic acids is 2. The number of nitrogens with zero attached hydrogens (tertiary/aromatic N) is 2. The van der Waals surface area contributed by atoms with Gasteiger partial charge in [-0.2, -0.15) is 0 Å². The molecule has 1 fully saturated rings. The molecule has 0 radical (unpaired) electrons. The van der Waals surface area contributed by atoms with Crippen molar-refractivity contribution < 1.29 is 9.59 Å². The Morgan fingerprint density at radius 2 is 1.52 bits per heavy atom. The summed E-state index contributed by atoms with van der Waals surface area (Å²) >= 11 is 0. The van der Waals surface area contributed by atoms with Crippen molar-refractivity contribution in [2.45, 2.75) is 27.3 Å². The third-order valence-electron chi connectivity index (χ3n) is 4.83. The molecule has 4 heteroatoms. The molecular weight excluding hydrogens is 312 g/mol. The zero-order chi connectivity index (χ0) is 18.0. The third-order valence-corrected chi connectivity index (χ3v) is 4.83. The standard InChI is InChI=1S/C21H26N2O2/c1-21(2,3)17-13-20(25)18(14-19(17)24)23-11-9-22(10-12-23)15-16-7-5-4-6-8-16/h4-8,13-14H,9-12,15H2,1-3H3. The van der Waals surface area contributed by atoms with Crippen LogP contribution in [-0.2, 0) is 16.1 Å². The Bertz CT molecular complexity index is 718. The number of benzene rings is 1. The molecule has 1 aromatic carbocycles. The van der Waals surface area contributed by atoms with Gasteiger partial charge in [-0.05, 0) is 17.1 Å². The number of carbonyl (C=O) groups is 2. The first-order chi connectivity index (χ1) is 11.8. The fourth-order valence-corrected chi connectivity index (χ4v) is 3.37. The van der Waals surface area contributed by atoms with Crippen LogP contribution in [0.4, 0.5) is 0 Å². The van der Waals surface area contributed by atoms with E-state index in [9.17, 15) is 9.59 Å². The predicted octanol–water partition coefficient (Wildman–Crippen LogP) is 2.81. The Morgan fingerprint density at radius 3 is 2.12 bits per heavy atom. The number of ketones is 2. The van der Waals surface area contributed by atoms with Gasteiger partial charge in [0.15, 0.2) is 5.78 Å². The number of allylic oxidation sites excluding steroid dienone is 3. The van der Waals surface area contributed by atoms with Crippen LogP contribution in [0.2, 0.25) is 0 Å². The van der Waals surface area contributed by atoms with Crippen molar-refractivity contribution in [3.8, 4) is 0 Å². The predicted molar refractivity (Wildman–Crippen MR) is 98.9 cm³/mol. The fourth-order valence-electron chi connectivity index (χ4n) is 3.37. The maximum Gasteiger partial charge on any atom is 0.202 e. The van der Waals surface area contributed by atoms with Gasteiger partial charge >= 0.3 is 0 Å². The van der Waals surface area contributed by atoms with Gasteiger partial charge in [0, 0.05) is 44.4 Å². The van der Waals surface area contributed by atoms with E-state index < -0.39 is 0 Å². The van der Waals surface area contributed by atoms with Gasteiger partial charge in [-0.3, -0.25) is 14.5 Å². The summed E-state index contributed by atoms with van der Waals surface area (Å²) in [6, 6.07) is 10.4. The second-order valence-corrected chi connectivity index (χ2v) is 7.81. The lowest BCUT2D eigenvalue weighted by molar-refractivity contribution is -0.117. The lowest BCUT2D eigenvalue weighted by Gasteiger charge is -2.37. The van der Waals surface area contributed by atoms with Crippen molar-refractivity contribution >= 4 is 11.6 Å². The zero-order valence-electron chi connectivity index (χ0n) is 15.3. The molecule has 1 aliphatic heterocycles. The van der Waals surface area contributed by atoms with Gasteiger partial charge in [0.1, 0.15) is 0 Å². The monoisotopic (exact) mass is 338 g/mol. The van der Waals surface area contributed by atoms with Gasteiger partial charge in [0.05, 0.1) is 5.70 Å². The van der Waals surface area contributed by atoms with Gasteiger partial charge in [-0.15, -0.1) is 0 Å². The molecule has 0 N–H and O–H groups in total. The summed E-state index contributed by atoms with van der Waals surface area (Å²) in [6.07, 6.45) is 3.07. The Morgan fingerprint density at radius 1 is 0.880 bits per heavy atom. The minimum atomic E-state index is -0.302. The van der Waals surface area contributed by atoms with E-state index in [1.165, 1.54) is 17.7 Å². The molecule has 0 bridgehead atoms. The van der Waals surface area contributed by atoms with Crippen LogP contribution >= 0.6 is 0 Å². The molecule has 1 heterocycles. The Labute approximate surface area is 149 Å². The molecule has 1 aromatic rings. The van der Waals surface area contributed by atoms with Gasteiger partial charge in [0.25, 0.3) is 0 Å². The largest absolute Gasteiger partial charge is 0.366 e. The number of piperazine rings is 1. The van der Waals surface area contributed by atoms with Crippen molar-refractivity contribution in [1.82, 2.24) is 9.80 Å². The van der Waals surface area contributed by atoms with Gasteiger partial charge in [0.2, 0.25) is 5.78 Å². The van der Waals surface area contributed by atoms with E-state index in [-0.39, 0.29) is 17.0 Å². The normalized spacial score (nSPS) is 19.7. The average molecular weight is 338 g/mol. The van der Waals surface area contributed by atoms with E-state index in [0.717, 1.165) is 32.7 Å². The summed E-state index contributed by atoms with van der Waals surface area (Å²) in [5.41, 5.74) is 2.15. The Kier molecular flexibility index (Phi) is 4.91. The first-order valence-electron chi connectivity index (χ1n) is 8.88. The molecule has 132 valence electrons. The average Bonchev–Trinajstić information content (AvgIpc) is 2.57. The zero-order valence-corrected chi connectivity index (χ0v) is 15.3. The summed E-state index contributed by atoms with van der Waals surface area (Å²) in [6.45, 7) is 10.1. The molecule has 4 nitrogen and oxygen atoms in total. The molecule has 0 spiro atoms. The Balaban J connectivity index is 1.62. The minimum Gasteiger partial charge on any atom is -0.366 e. The van der Waals surface area contributed by atoms with Crippen LogP contribution in [0.1, 0.15) is 26.3 Å². The maximum absolute atomic E-state index is 12.5. The summed E-state index contributed by atoms with van der Waals surface area (Å²) in [7, 11) is 0. The van der Waals surface area contributed by atoms with Crippen LogP contribution < -0.4 is 0 Å². The van der Waals surface area contributed by atoms with Gasteiger partial charge < -0.3 is 4.90 Å². The molecule has 0 saturated carbocycles. The van der Waals surface area contributed by atoms with E-state index in [4.69, 9.17) is 0 Å². The topological polar surface area (TPSA) is 40.6 Å². The van der Waals surface area contributed by atoms with E-state index in [1.807, 2.05) is 26.8 Å². The molecule has 1 aliphatic carbocycles. The van der Waals surface area contributed by atoms with Crippen LogP contribution in [0, 0.1) is 5.41 Å². The van der Waals surface area contributed by atoms with Crippen LogP contribution in [-0.4, -0.2) is 47.5 Å². The van der Waals surface area contributed by atoms with E-state index in [1.54, 1.807) is 0 Å². The van der Waals surface area contributed by atoms with Crippen molar-refractivity contribution in [1.29, 1.82) is 0 Å². The van der Waals surface area contributed by atoms with Crippen molar-refractivity contribution in [2.24, 2.45) is 5.41 Å². The fraction of sp³-hybridized carbons (Fsp3) is 0.429. The molecule has 0 unspecified atom stereocenters. The number of hydrogen-bond donors (Lipinski definition) is 0. The van der Waals surface area contributed by atoms with Crippen molar-refractivity contribution in [3.63, 3.8) is 0 Å². The van der Waals surface area contributed by atoms with Gasteiger partial charge in [-0.1, -0.05) is 51.1 Å². The van der Waals surface area contributed by atoms with Crippen molar-refractivity contribution in [3.05, 3.63) is 59.3 Å². The quantitative estimate of drug-likeness (QED) is 0.795. The highest BCUT2D eigenvalue weighted by Gasteiger charge is 2.31. The van der Waals surface area contributed by atoms with Crippen LogP contribution in [0.5, 0.6) is 0 Å². The van der Waals surface area contributed by atoms with Crippen LogP contribution in [0.15, 0.2) is 53.8 Å². The molecule has 1 saturated heterocycles. The SMILES string of the molecule is CC(C)(C)C1=CC(=O)C(N2CCN(Cc3ccccc3)CC2)=CC1=O.